The smallest absolute Gasteiger partial charge is 0.136 e. The molecule has 3 heteroatoms. The van der Waals surface area contributed by atoms with Crippen molar-refractivity contribution >= 4 is 27.5 Å². The fourth-order valence-electron chi connectivity index (χ4n) is 3.04. The molecule has 0 amide bonds. The van der Waals surface area contributed by atoms with Crippen LogP contribution in [0.25, 0.3) is 0 Å². The fourth-order valence-corrected chi connectivity index (χ4v) is 3.30. The second kappa shape index (κ2) is 6.62. The lowest BCUT2D eigenvalue weighted by Gasteiger charge is -2.21. The summed E-state index contributed by atoms with van der Waals surface area (Å²) in [5.41, 5.74) is 3.57. The van der Waals surface area contributed by atoms with Crippen LogP contribution >= 0.6 is 15.9 Å². The normalized spacial score (nSPS) is 17.0. The lowest BCUT2D eigenvalue weighted by Crippen LogP contribution is -2.28. The van der Waals surface area contributed by atoms with E-state index in [4.69, 9.17) is 4.99 Å². The molecule has 0 radical (unpaired) electrons. The van der Waals surface area contributed by atoms with Gasteiger partial charge < -0.3 is 4.90 Å². The SMILES string of the molecule is Brc1ccc(C2=NC(c3ccccc3)CN2c2ccccc2)cc1. The molecule has 0 aliphatic carbocycles. The van der Waals surface area contributed by atoms with Gasteiger partial charge in [-0.15, -0.1) is 0 Å². The van der Waals surface area contributed by atoms with E-state index < -0.39 is 0 Å². The molecule has 2 nitrogen and oxygen atoms in total. The molecule has 3 aromatic rings. The fraction of sp³-hybridized carbons (Fsp3) is 0.0952. The predicted octanol–water partition coefficient (Wildman–Crippen LogP) is 5.46. The van der Waals surface area contributed by atoms with E-state index in [1.807, 2.05) is 12.1 Å². The van der Waals surface area contributed by atoms with Crippen molar-refractivity contribution in [2.24, 2.45) is 4.99 Å². The number of para-hydroxylation sites is 1. The quantitative estimate of drug-likeness (QED) is 0.592. The maximum Gasteiger partial charge on any atom is 0.136 e. The standard InChI is InChI=1S/C21H17BrN2/c22-18-13-11-17(12-14-18)21-23-20(16-7-3-1-4-8-16)15-24(21)19-9-5-2-6-10-19/h1-14,20H,15H2. The van der Waals surface area contributed by atoms with E-state index in [0.29, 0.717) is 0 Å². The first-order chi connectivity index (χ1) is 11.8. The van der Waals surface area contributed by atoms with Gasteiger partial charge in [-0.25, -0.2) is 0 Å². The van der Waals surface area contributed by atoms with Crippen molar-refractivity contribution in [1.29, 1.82) is 0 Å². The zero-order chi connectivity index (χ0) is 16.4. The molecule has 1 heterocycles. The summed E-state index contributed by atoms with van der Waals surface area (Å²) in [4.78, 5) is 7.35. The summed E-state index contributed by atoms with van der Waals surface area (Å²) in [6.45, 7) is 0.861. The Kier molecular flexibility index (Phi) is 4.18. The average Bonchev–Trinajstić information content (AvgIpc) is 3.09. The van der Waals surface area contributed by atoms with Gasteiger partial charge in [-0.3, -0.25) is 4.99 Å². The summed E-state index contributed by atoms with van der Waals surface area (Å²) < 4.78 is 1.08. The second-order valence-corrected chi connectivity index (χ2v) is 6.75. The highest BCUT2D eigenvalue weighted by Crippen LogP contribution is 2.31. The van der Waals surface area contributed by atoms with Gasteiger partial charge in [-0.2, -0.15) is 0 Å². The number of hydrogen-bond donors (Lipinski definition) is 0. The Hall–Kier alpha value is -2.39. The number of hydrogen-bond acceptors (Lipinski definition) is 2. The molecule has 0 spiro atoms. The summed E-state index contributed by atoms with van der Waals surface area (Å²) in [6.07, 6.45) is 0. The first kappa shape index (κ1) is 15.2. The van der Waals surface area contributed by atoms with Gasteiger partial charge in [-0.1, -0.05) is 76.6 Å². The van der Waals surface area contributed by atoms with Crippen LogP contribution in [0, 0.1) is 0 Å². The average molecular weight is 377 g/mol. The van der Waals surface area contributed by atoms with Crippen LogP contribution in [0.2, 0.25) is 0 Å². The van der Waals surface area contributed by atoms with Gasteiger partial charge in [0, 0.05) is 15.7 Å². The van der Waals surface area contributed by atoms with Crippen molar-refractivity contribution < 1.29 is 0 Å². The number of anilines is 1. The topological polar surface area (TPSA) is 15.6 Å². The largest absolute Gasteiger partial charge is 0.324 e. The molecule has 118 valence electrons. The molecule has 1 unspecified atom stereocenters. The molecule has 24 heavy (non-hydrogen) atoms. The van der Waals surface area contributed by atoms with E-state index in [2.05, 4.69) is 93.6 Å². The van der Waals surface area contributed by atoms with Gasteiger partial charge in [0.15, 0.2) is 0 Å². The summed E-state index contributed by atoms with van der Waals surface area (Å²) in [6, 6.07) is 29.5. The molecule has 1 aliphatic heterocycles. The Morgan fingerprint density at radius 3 is 2.08 bits per heavy atom. The minimum absolute atomic E-state index is 0.157. The van der Waals surface area contributed by atoms with E-state index in [9.17, 15) is 0 Å². The molecular formula is C21H17BrN2. The van der Waals surface area contributed by atoms with E-state index >= 15 is 0 Å². The highest BCUT2D eigenvalue weighted by molar-refractivity contribution is 9.10. The van der Waals surface area contributed by atoms with Crippen LogP contribution in [0.1, 0.15) is 17.2 Å². The Morgan fingerprint density at radius 1 is 0.792 bits per heavy atom. The molecule has 0 N–H and O–H groups in total. The van der Waals surface area contributed by atoms with Crippen LogP contribution in [-0.4, -0.2) is 12.4 Å². The van der Waals surface area contributed by atoms with E-state index in [1.54, 1.807) is 0 Å². The summed E-state index contributed by atoms with van der Waals surface area (Å²) in [7, 11) is 0. The molecular weight excluding hydrogens is 360 g/mol. The number of rotatable bonds is 3. The summed E-state index contributed by atoms with van der Waals surface area (Å²) in [5, 5.41) is 0. The second-order valence-electron chi connectivity index (χ2n) is 5.83. The van der Waals surface area contributed by atoms with Gasteiger partial charge in [0.05, 0.1) is 12.6 Å². The highest BCUT2D eigenvalue weighted by Gasteiger charge is 2.28. The molecule has 4 rings (SSSR count). The van der Waals surface area contributed by atoms with Crippen LogP contribution in [-0.2, 0) is 0 Å². The molecule has 0 bridgehead atoms. The summed E-state index contributed by atoms with van der Waals surface area (Å²) in [5.74, 6) is 1.03. The van der Waals surface area contributed by atoms with Crippen molar-refractivity contribution in [1.82, 2.24) is 0 Å². The molecule has 1 aliphatic rings. The van der Waals surface area contributed by atoms with Crippen LogP contribution in [0.4, 0.5) is 5.69 Å². The number of benzene rings is 3. The van der Waals surface area contributed by atoms with Crippen LogP contribution in [0.3, 0.4) is 0 Å². The van der Waals surface area contributed by atoms with E-state index in [0.717, 1.165) is 22.4 Å². The zero-order valence-electron chi connectivity index (χ0n) is 13.1. The molecule has 0 fully saturated rings. The maximum absolute atomic E-state index is 5.04. The molecule has 3 aromatic carbocycles. The van der Waals surface area contributed by atoms with E-state index in [-0.39, 0.29) is 6.04 Å². The Labute approximate surface area is 150 Å². The minimum atomic E-state index is 0.157. The van der Waals surface area contributed by atoms with Crippen molar-refractivity contribution in [2.45, 2.75) is 6.04 Å². The Balaban J connectivity index is 1.76. The third-order valence-electron chi connectivity index (χ3n) is 4.24. The molecule has 1 atom stereocenters. The molecule has 0 saturated carbocycles. The van der Waals surface area contributed by atoms with Gasteiger partial charge in [0.1, 0.15) is 5.84 Å². The van der Waals surface area contributed by atoms with Gasteiger partial charge in [0.25, 0.3) is 0 Å². The van der Waals surface area contributed by atoms with Crippen LogP contribution in [0.5, 0.6) is 0 Å². The Bertz CT molecular complexity index is 842. The number of amidine groups is 1. The number of halogens is 1. The monoisotopic (exact) mass is 376 g/mol. The van der Waals surface area contributed by atoms with Crippen molar-refractivity contribution in [3.8, 4) is 0 Å². The third-order valence-corrected chi connectivity index (χ3v) is 4.77. The van der Waals surface area contributed by atoms with Gasteiger partial charge >= 0.3 is 0 Å². The van der Waals surface area contributed by atoms with Crippen LogP contribution in [0.15, 0.2) is 94.4 Å². The molecule has 0 saturated heterocycles. The predicted molar refractivity (Wildman–Crippen MR) is 104 cm³/mol. The minimum Gasteiger partial charge on any atom is -0.324 e. The maximum atomic E-state index is 5.04. The molecule has 0 aromatic heterocycles. The highest BCUT2D eigenvalue weighted by atomic mass is 79.9. The van der Waals surface area contributed by atoms with E-state index in [1.165, 1.54) is 11.3 Å². The Morgan fingerprint density at radius 2 is 1.42 bits per heavy atom. The van der Waals surface area contributed by atoms with Crippen molar-refractivity contribution in [3.63, 3.8) is 0 Å². The zero-order valence-corrected chi connectivity index (χ0v) is 14.7. The van der Waals surface area contributed by atoms with Crippen molar-refractivity contribution in [2.75, 3.05) is 11.4 Å². The summed E-state index contributed by atoms with van der Waals surface area (Å²) >= 11 is 3.51. The van der Waals surface area contributed by atoms with Gasteiger partial charge in [0.2, 0.25) is 0 Å². The number of aliphatic imine (C=N–C) groups is 1. The van der Waals surface area contributed by atoms with Crippen LogP contribution < -0.4 is 4.90 Å². The lowest BCUT2D eigenvalue weighted by atomic mass is 10.1. The first-order valence-electron chi connectivity index (χ1n) is 8.02. The lowest BCUT2D eigenvalue weighted by molar-refractivity contribution is 0.780. The first-order valence-corrected chi connectivity index (χ1v) is 8.82. The van der Waals surface area contributed by atoms with Gasteiger partial charge in [-0.05, 0) is 29.8 Å². The van der Waals surface area contributed by atoms with Crippen molar-refractivity contribution in [3.05, 3.63) is 101 Å². The number of nitrogens with zero attached hydrogens (tertiary/aromatic N) is 2. The third kappa shape index (κ3) is 3.00.